The maximum Gasteiger partial charge on any atom is 0.166 e. The summed E-state index contributed by atoms with van der Waals surface area (Å²) in [6.45, 7) is 0. The number of ether oxygens (including phenoxy) is 2. The van der Waals surface area contributed by atoms with Crippen LogP contribution in [-0.2, 0) is 0 Å². The van der Waals surface area contributed by atoms with E-state index in [0.29, 0.717) is 17.1 Å². The number of rotatable bonds is 4. The smallest absolute Gasteiger partial charge is 0.166 e. The zero-order valence-electron chi connectivity index (χ0n) is 10.2. The van der Waals surface area contributed by atoms with Crippen LogP contribution in [0.5, 0.6) is 17.2 Å². The predicted molar refractivity (Wildman–Crippen MR) is 75.4 cm³/mol. The third-order valence-corrected chi connectivity index (χ3v) is 2.72. The van der Waals surface area contributed by atoms with E-state index >= 15 is 0 Å². The number of benzene rings is 2. The van der Waals surface area contributed by atoms with Gasteiger partial charge in [0.2, 0.25) is 0 Å². The molecule has 2 aromatic carbocycles. The summed E-state index contributed by atoms with van der Waals surface area (Å²) in [4.78, 5) is 0.145. The van der Waals surface area contributed by atoms with Gasteiger partial charge in [0.25, 0.3) is 0 Å². The van der Waals surface area contributed by atoms with E-state index in [-0.39, 0.29) is 10.7 Å². The Morgan fingerprint density at radius 1 is 1.16 bits per heavy atom. The van der Waals surface area contributed by atoms with Gasteiger partial charge < -0.3 is 15.2 Å². The van der Waals surface area contributed by atoms with Crippen molar-refractivity contribution < 1.29 is 13.9 Å². The lowest BCUT2D eigenvalue weighted by atomic mass is 10.2. The van der Waals surface area contributed by atoms with Crippen molar-refractivity contribution >= 4 is 17.2 Å². The Bertz CT molecular complexity index is 616. The molecule has 2 N–H and O–H groups in total. The number of methoxy groups -OCH3 is 1. The highest BCUT2D eigenvalue weighted by atomic mass is 32.1. The molecule has 0 spiro atoms. The van der Waals surface area contributed by atoms with Gasteiger partial charge in [-0.15, -0.1) is 0 Å². The summed E-state index contributed by atoms with van der Waals surface area (Å²) in [5.74, 6) is 0.709. The van der Waals surface area contributed by atoms with Gasteiger partial charge in [0.1, 0.15) is 16.5 Å². The van der Waals surface area contributed by atoms with Gasteiger partial charge in [0.05, 0.1) is 7.11 Å². The molecule has 0 aliphatic carbocycles. The van der Waals surface area contributed by atoms with Crippen LogP contribution < -0.4 is 15.2 Å². The molecular weight excluding hydrogens is 265 g/mol. The number of nitrogens with two attached hydrogens (primary N) is 1. The largest absolute Gasteiger partial charge is 0.497 e. The first-order valence-electron chi connectivity index (χ1n) is 5.51. The fourth-order valence-corrected chi connectivity index (χ4v) is 1.66. The number of thiocarbonyl (C=S) groups is 1. The molecule has 2 aromatic rings. The van der Waals surface area contributed by atoms with Crippen LogP contribution in [0.15, 0.2) is 42.5 Å². The average molecular weight is 277 g/mol. The third kappa shape index (κ3) is 3.20. The zero-order valence-corrected chi connectivity index (χ0v) is 11.0. The highest BCUT2D eigenvalue weighted by molar-refractivity contribution is 7.80. The second kappa shape index (κ2) is 5.67. The van der Waals surface area contributed by atoms with Crippen molar-refractivity contribution in [1.82, 2.24) is 0 Å². The fourth-order valence-electron chi connectivity index (χ4n) is 1.53. The lowest BCUT2D eigenvalue weighted by Gasteiger charge is -2.09. The first-order chi connectivity index (χ1) is 9.10. The maximum absolute atomic E-state index is 13.8. The normalized spacial score (nSPS) is 10.0. The van der Waals surface area contributed by atoms with Gasteiger partial charge >= 0.3 is 0 Å². The van der Waals surface area contributed by atoms with E-state index in [2.05, 4.69) is 0 Å². The first-order valence-corrected chi connectivity index (χ1v) is 5.92. The zero-order chi connectivity index (χ0) is 13.8. The molecule has 5 heteroatoms. The molecule has 0 aliphatic heterocycles. The van der Waals surface area contributed by atoms with Crippen molar-refractivity contribution in [3.63, 3.8) is 0 Å². The van der Waals surface area contributed by atoms with Crippen molar-refractivity contribution in [2.24, 2.45) is 5.73 Å². The molecule has 0 aromatic heterocycles. The Balaban J connectivity index is 2.25. The molecule has 98 valence electrons. The maximum atomic E-state index is 13.8. The topological polar surface area (TPSA) is 44.5 Å². The molecule has 19 heavy (non-hydrogen) atoms. The summed E-state index contributed by atoms with van der Waals surface area (Å²) in [6.07, 6.45) is 0. The second-order valence-corrected chi connectivity index (χ2v) is 4.23. The summed E-state index contributed by atoms with van der Waals surface area (Å²) >= 11 is 4.78. The van der Waals surface area contributed by atoms with E-state index < -0.39 is 5.82 Å². The van der Waals surface area contributed by atoms with E-state index in [9.17, 15) is 4.39 Å². The molecule has 0 fully saturated rings. The number of hydrogen-bond donors (Lipinski definition) is 1. The molecule has 0 amide bonds. The molecule has 0 bridgehead atoms. The lowest BCUT2D eigenvalue weighted by Crippen LogP contribution is -2.09. The summed E-state index contributed by atoms with van der Waals surface area (Å²) in [7, 11) is 1.55. The minimum absolute atomic E-state index is 0.105. The Morgan fingerprint density at radius 2 is 1.89 bits per heavy atom. The second-order valence-electron chi connectivity index (χ2n) is 3.79. The summed E-state index contributed by atoms with van der Waals surface area (Å²) < 4.78 is 24.3. The van der Waals surface area contributed by atoms with Crippen LogP contribution >= 0.6 is 12.2 Å². The van der Waals surface area contributed by atoms with Gasteiger partial charge in [-0.3, -0.25) is 0 Å². The van der Waals surface area contributed by atoms with E-state index in [1.807, 2.05) is 0 Å². The SMILES string of the molecule is COc1cccc(Oc2ccc(C(N)=S)cc2F)c1. The van der Waals surface area contributed by atoms with E-state index in [1.165, 1.54) is 12.1 Å². The molecule has 0 atom stereocenters. The standard InChI is InChI=1S/C14H12FNO2S/c1-17-10-3-2-4-11(8-10)18-13-6-5-9(14(16)19)7-12(13)15/h2-8H,1H3,(H2,16,19). The minimum atomic E-state index is -0.520. The molecular formula is C14H12FNO2S. The van der Waals surface area contributed by atoms with Gasteiger partial charge in [-0.2, -0.15) is 0 Å². The van der Waals surface area contributed by atoms with Crippen molar-refractivity contribution in [2.45, 2.75) is 0 Å². The molecule has 0 saturated heterocycles. The summed E-state index contributed by atoms with van der Waals surface area (Å²) in [6, 6.07) is 11.3. The van der Waals surface area contributed by atoms with Gasteiger partial charge in [0, 0.05) is 11.6 Å². The average Bonchev–Trinajstić information content (AvgIpc) is 2.41. The van der Waals surface area contributed by atoms with Crippen molar-refractivity contribution in [3.8, 4) is 17.2 Å². The minimum Gasteiger partial charge on any atom is -0.497 e. The van der Waals surface area contributed by atoms with Gasteiger partial charge in [-0.05, 0) is 30.3 Å². The molecule has 3 nitrogen and oxygen atoms in total. The van der Waals surface area contributed by atoms with Crippen molar-refractivity contribution in [1.29, 1.82) is 0 Å². The monoisotopic (exact) mass is 277 g/mol. The number of hydrogen-bond acceptors (Lipinski definition) is 3. The molecule has 2 rings (SSSR count). The quantitative estimate of drug-likeness (QED) is 0.871. The van der Waals surface area contributed by atoms with Crippen molar-refractivity contribution in [3.05, 3.63) is 53.8 Å². The summed E-state index contributed by atoms with van der Waals surface area (Å²) in [5, 5.41) is 0. The Kier molecular flexibility index (Phi) is 3.97. The highest BCUT2D eigenvalue weighted by Gasteiger charge is 2.08. The molecule has 0 unspecified atom stereocenters. The van der Waals surface area contributed by atoms with E-state index in [0.717, 1.165) is 0 Å². The van der Waals surface area contributed by atoms with Gasteiger partial charge in [0.15, 0.2) is 11.6 Å². The van der Waals surface area contributed by atoms with Crippen molar-refractivity contribution in [2.75, 3.05) is 7.11 Å². The Morgan fingerprint density at radius 3 is 2.53 bits per heavy atom. The van der Waals surface area contributed by atoms with Crippen LogP contribution in [0.2, 0.25) is 0 Å². The molecule has 0 saturated carbocycles. The fraction of sp³-hybridized carbons (Fsp3) is 0.0714. The number of halogens is 1. The van der Waals surface area contributed by atoms with Crippen LogP contribution in [0, 0.1) is 5.82 Å². The Hall–Kier alpha value is -2.14. The van der Waals surface area contributed by atoms with E-state index in [1.54, 1.807) is 37.4 Å². The van der Waals surface area contributed by atoms with Crippen LogP contribution in [0.25, 0.3) is 0 Å². The van der Waals surface area contributed by atoms with Crippen LogP contribution in [0.3, 0.4) is 0 Å². The molecule has 0 radical (unpaired) electrons. The van der Waals surface area contributed by atoms with Crippen LogP contribution in [0.4, 0.5) is 4.39 Å². The first kappa shape index (κ1) is 13.3. The van der Waals surface area contributed by atoms with Gasteiger partial charge in [-0.25, -0.2) is 4.39 Å². The predicted octanol–water partition coefficient (Wildman–Crippen LogP) is 3.26. The van der Waals surface area contributed by atoms with Crippen LogP contribution in [0.1, 0.15) is 5.56 Å². The van der Waals surface area contributed by atoms with Crippen LogP contribution in [-0.4, -0.2) is 12.1 Å². The highest BCUT2D eigenvalue weighted by Crippen LogP contribution is 2.27. The summed E-state index contributed by atoms with van der Waals surface area (Å²) in [5.41, 5.74) is 5.89. The molecule has 0 aliphatic rings. The van der Waals surface area contributed by atoms with Gasteiger partial charge in [-0.1, -0.05) is 18.3 Å². The Labute approximate surface area is 115 Å². The molecule has 0 heterocycles. The lowest BCUT2D eigenvalue weighted by molar-refractivity contribution is 0.405. The van der Waals surface area contributed by atoms with E-state index in [4.69, 9.17) is 27.4 Å². The third-order valence-electron chi connectivity index (χ3n) is 2.49.